The summed E-state index contributed by atoms with van der Waals surface area (Å²) in [7, 11) is 0. The smallest absolute Gasteiger partial charge is 0.321 e. The fraction of sp³-hybridized carbons (Fsp3) is 0.321. The van der Waals surface area contributed by atoms with Crippen LogP contribution in [-0.2, 0) is 6.54 Å². The Labute approximate surface area is 206 Å². The van der Waals surface area contributed by atoms with Crippen LogP contribution in [0.25, 0.3) is 22.6 Å². The molecule has 0 saturated carbocycles. The molecule has 35 heavy (non-hydrogen) atoms. The van der Waals surface area contributed by atoms with E-state index in [-0.39, 0.29) is 6.03 Å². The van der Waals surface area contributed by atoms with Crippen molar-refractivity contribution in [3.05, 3.63) is 77.5 Å². The molecular formula is C28H32N6O. The largest absolute Gasteiger partial charge is 0.322 e. The van der Waals surface area contributed by atoms with Gasteiger partial charge in [0.05, 0.1) is 0 Å². The van der Waals surface area contributed by atoms with Gasteiger partial charge in [-0.3, -0.25) is 4.90 Å². The Kier molecular flexibility index (Phi) is 6.51. The first kappa shape index (κ1) is 23.1. The average Bonchev–Trinajstić information content (AvgIpc) is 3.24. The van der Waals surface area contributed by atoms with E-state index in [0.717, 1.165) is 65.5 Å². The first-order valence-electron chi connectivity index (χ1n) is 12.2. The molecule has 0 unspecified atom stereocenters. The minimum atomic E-state index is -0.0199. The highest BCUT2D eigenvalue weighted by molar-refractivity contribution is 5.91. The number of imidazole rings is 1. The van der Waals surface area contributed by atoms with Crippen LogP contribution in [0.5, 0.6) is 0 Å². The van der Waals surface area contributed by atoms with Crippen molar-refractivity contribution in [1.29, 1.82) is 0 Å². The van der Waals surface area contributed by atoms with Crippen LogP contribution in [0.4, 0.5) is 10.5 Å². The number of carbonyl (C=O) groups excluding carboxylic acids is 1. The van der Waals surface area contributed by atoms with Crippen molar-refractivity contribution in [3.8, 4) is 11.4 Å². The number of aromatic nitrogens is 3. The number of pyridine rings is 1. The van der Waals surface area contributed by atoms with Crippen molar-refractivity contribution in [3.63, 3.8) is 0 Å². The molecule has 0 bridgehead atoms. The molecule has 1 aliphatic rings. The van der Waals surface area contributed by atoms with E-state index >= 15 is 0 Å². The van der Waals surface area contributed by atoms with E-state index in [1.54, 1.807) is 0 Å². The number of nitrogens with one attached hydrogen (secondary N) is 1. The number of para-hydroxylation sites is 1. The summed E-state index contributed by atoms with van der Waals surface area (Å²) >= 11 is 0. The number of piperazine rings is 1. The standard InChI is InChI=1S/C28H32N6O/c1-20-9-11-23(12-10-20)26-30-24-8-5-13-29-27(24)34(26)19-16-32-14-17-33(18-15-32)28(35)31-25-21(2)6-4-7-22(25)3/h4-13H,14-19H2,1-3H3,(H,31,35). The molecule has 1 fully saturated rings. The van der Waals surface area contributed by atoms with Gasteiger partial charge in [0.25, 0.3) is 0 Å². The second kappa shape index (κ2) is 9.88. The summed E-state index contributed by atoms with van der Waals surface area (Å²) in [5, 5.41) is 3.11. The molecule has 7 nitrogen and oxygen atoms in total. The third kappa shape index (κ3) is 4.91. The lowest BCUT2D eigenvalue weighted by atomic mass is 10.1. The molecule has 7 heteroatoms. The van der Waals surface area contributed by atoms with Crippen molar-refractivity contribution in [2.75, 3.05) is 38.0 Å². The molecular weight excluding hydrogens is 436 g/mol. The average molecular weight is 469 g/mol. The lowest BCUT2D eigenvalue weighted by molar-refractivity contribution is 0.145. The molecule has 0 aliphatic carbocycles. The Morgan fingerprint density at radius 1 is 0.886 bits per heavy atom. The Morgan fingerprint density at radius 2 is 1.60 bits per heavy atom. The highest BCUT2D eigenvalue weighted by atomic mass is 16.2. The molecule has 0 radical (unpaired) electrons. The second-order valence-electron chi connectivity index (χ2n) is 9.32. The van der Waals surface area contributed by atoms with Gasteiger partial charge >= 0.3 is 6.03 Å². The molecule has 1 aliphatic heterocycles. The molecule has 2 amide bonds. The van der Waals surface area contributed by atoms with Crippen LogP contribution in [0.1, 0.15) is 16.7 Å². The van der Waals surface area contributed by atoms with Gasteiger partial charge in [-0.15, -0.1) is 0 Å². The Hall–Kier alpha value is -3.71. The monoisotopic (exact) mass is 468 g/mol. The number of amides is 2. The first-order valence-corrected chi connectivity index (χ1v) is 12.2. The van der Waals surface area contributed by atoms with Gasteiger partial charge < -0.3 is 14.8 Å². The summed E-state index contributed by atoms with van der Waals surface area (Å²) in [6, 6.07) is 18.5. The molecule has 1 N–H and O–H groups in total. The lowest BCUT2D eigenvalue weighted by Crippen LogP contribution is -2.50. The van der Waals surface area contributed by atoms with Gasteiger partial charge in [0.1, 0.15) is 11.3 Å². The summed E-state index contributed by atoms with van der Waals surface area (Å²) in [4.78, 5) is 26.7. The van der Waals surface area contributed by atoms with Crippen molar-refractivity contribution in [2.45, 2.75) is 27.3 Å². The fourth-order valence-electron chi connectivity index (χ4n) is 4.71. The number of aryl methyl sites for hydroxylation is 3. The molecule has 3 heterocycles. The summed E-state index contributed by atoms with van der Waals surface area (Å²) in [5.74, 6) is 0.949. The summed E-state index contributed by atoms with van der Waals surface area (Å²) in [6.45, 7) is 10.9. The van der Waals surface area contributed by atoms with Gasteiger partial charge in [-0.25, -0.2) is 14.8 Å². The Balaban J connectivity index is 1.24. The predicted octanol–water partition coefficient (Wildman–Crippen LogP) is 4.87. The highest BCUT2D eigenvalue weighted by Gasteiger charge is 2.22. The predicted molar refractivity (Wildman–Crippen MR) is 141 cm³/mol. The zero-order valence-electron chi connectivity index (χ0n) is 20.7. The van der Waals surface area contributed by atoms with Crippen LogP contribution in [0, 0.1) is 20.8 Å². The van der Waals surface area contributed by atoms with Crippen LogP contribution in [0.3, 0.4) is 0 Å². The van der Waals surface area contributed by atoms with E-state index in [9.17, 15) is 4.79 Å². The molecule has 0 spiro atoms. The number of hydrogen-bond donors (Lipinski definition) is 1. The maximum atomic E-state index is 12.9. The van der Waals surface area contributed by atoms with E-state index in [4.69, 9.17) is 4.98 Å². The summed E-state index contributed by atoms with van der Waals surface area (Å²) in [5.41, 5.74) is 7.24. The minimum Gasteiger partial charge on any atom is -0.322 e. The zero-order valence-corrected chi connectivity index (χ0v) is 20.7. The maximum absolute atomic E-state index is 12.9. The topological polar surface area (TPSA) is 66.3 Å². The molecule has 180 valence electrons. The molecule has 1 saturated heterocycles. The van der Waals surface area contributed by atoms with Gasteiger partial charge in [-0.1, -0.05) is 48.0 Å². The van der Waals surface area contributed by atoms with E-state index in [1.807, 2.05) is 55.3 Å². The van der Waals surface area contributed by atoms with Gasteiger partial charge in [0.2, 0.25) is 0 Å². The number of nitrogens with zero attached hydrogens (tertiary/aromatic N) is 5. The lowest BCUT2D eigenvalue weighted by Gasteiger charge is -2.35. The van der Waals surface area contributed by atoms with Gasteiger partial charge in [-0.2, -0.15) is 0 Å². The second-order valence-corrected chi connectivity index (χ2v) is 9.32. The number of hydrogen-bond acceptors (Lipinski definition) is 4. The first-order chi connectivity index (χ1) is 17.0. The van der Waals surface area contributed by atoms with Crippen LogP contribution in [-0.4, -0.2) is 63.1 Å². The number of fused-ring (bicyclic) bond motifs is 1. The number of urea groups is 1. The van der Waals surface area contributed by atoms with Crippen LogP contribution >= 0.6 is 0 Å². The maximum Gasteiger partial charge on any atom is 0.321 e. The Bertz CT molecular complexity index is 1320. The summed E-state index contributed by atoms with van der Waals surface area (Å²) < 4.78 is 2.22. The van der Waals surface area contributed by atoms with Crippen molar-refractivity contribution in [2.24, 2.45) is 0 Å². The van der Waals surface area contributed by atoms with E-state index in [1.165, 1.54) is 5.56 Å². The van der Waals surface area contributed by atoms with E-state index in [0.29, 0.717) is 13.1 Å². The number of benzene rings is 2. The van der Waals surface area contributed by atoms with Crippen molar-refractivity contribution in [1.82, 2.24) is 24.3 Å². The fourth-order valence-corrected chi connectivity index (χ4v) is 4.71. The molecule has 2 aromatic carbocycles. The van der Waals surface area contributed by atoms with Crippen molar-refractivity contribution < 1.29 is 4.79 Å². The van der Waals surface area contributed by atoms with Crippen LogP contribution in [0.2, 0.25) is 0 Å². The number of anilines is 1. The van der Waals surface area contributed by atoms with Crippen LogP contribution < -0.4 is 5.32 Å². The minimum absolute atomic E-state index is 0.0199. The normalized spacial score (nSPS) is 14.4. The zero-order chi connectivity index (χ0) is 24.4. The summed E-state index contributed by atoms with van der Waals surface area (Å²) in [6.07, 6.45) is 1.83. The van der Waals surface area contributed by atoms with Gasteiger partial charge in [0.15, 0.2) is 5.65 Å². The highest BCUT2D eigenvalue weighted by Crippen LogP contribution is 2.24. The van der Waals surface area contributed by atoms with Crippen LogP contribution in [0.15, 0.2) is 60.8 Å². The van der Waals surface area contributed by atoms with Gasteiger partial charge in [-0.05, 0) is 44.0 Å². The third-order valence-corrected chi connectivity index (χ3v) is 6.83. The number of carbonyl (C=O) groups is 1. The van der Waals surface area contributed by atoms with Crippen molar-refractivity contribution >= 4 is 22.9 Å². The Morgan fingerprint density at radius 3 is 2.31 bits per heavy atom. The number of rotatable bonds is 5. The SMILES string of the molecule is Cc1ccc(-c2nc3cccnc3n2CCN2CCN(C(=O)Nc3c(C)cccc3C)CC2)cc1. The van der Waals surface area contributed by atoms with Gasteiger partial charge in [0, 0.05) is 56.7 Å². The molecule has 4 aromatic rings. The van der Waals surface area contributed by atoms with E-state index in [2.05, 4.69) is 51.0 Å². The molecule has 2 aromatic heterocycles. The van der Waals surface area contributed by atoms with E-state index < -0.39 is 0 Å². The molecule has 0 atom stereocenters. The quantitative estimate of drug-likeness (QED) is 0.454. The third-order valence-electron chi connectivity index (χ3n) is 6.83. The molecule has 5 rings (SSSR count).